The Bertz CT molecular complexity index is 573. The van der Waals surface area contributed by atoms with E-state index in [1.54, 1.807) is 22.7 Å². The maximum Gasteiger partial charge on any atom is 0.337 e. The van der Waals surface area contributed by atoms with Gasteiger partial charge in [0.25, 0.3) is 0 Å². The Morgan fingerprint density at radius 1 is 1.47 bits per heavy atom. The van der Waals surface area contributed by atoms with Crippen molar-refractivity contribution in [1.82, 2.24) is 9.38 Å². The first kappa shape index (κ1) is 10.7. The van der Waals surface area contributed by atoms with Crippen molar-refractivity contribution in [2.45, 2.75) is 18.1 Å². The van der Waals surface area contributed by atoms with Gasteiger partial charge in [0.15, 0.2) is 0 Å². The van der Waals surface area contributed by atoms with Gasteiger partial charge < -0.3 is 9.51 Å². The zero-order valence-electron chi connectivity index (χ0n) is 9.17. The largest absolute Gasteiger partial charge is 0.478 e. The minimum atomic E-state index is -0.905. The summed E-state index contributed by atoms with van der Waals surface area (Å²) in [6.45, 7) is 0. The van der Waals surface area contributed by atoms with Gasteiger partial charge in [-0.25, -0.2) is 9.78 Å². The Morgan fingerprint density at radius 2 is 2.35 bits per heavy atom. The van der Waals surface area contributed by atoms with Crippen LogP contribution < -0.4 is 0 Å². The molecule has 2 aromatic rings. The summed E-state index contributed by atoms with van der Waals surface area (Å²) >= 11 is 1.93. The molecule has 0 aromatic carbocycles. The van der Waals surface area contributed by atoms with E-state index in [0.29, 0.717) is 10.8 Å². The third kappa shape index (κ3) is 1.91. The third-order valence-electron chi connectivity index (χ3n) is 2.98. The third-order valence-corrected chi connectivity index (χ3v) is 4.38. The molecule has 0 spiro atoms. The maximum absolute atomic E-state index is 10.9. The van der Waals surface area contributed by atoms with Crippen molar-refractivity contribution in [2.75, 3.05) is 5.75 Å². The van der Waals surface area contributed by atoms with E-state index in [4.69, 9.17) is 5.11 Å². The number of hydrogen-bond donors (Lipinski definition) is 1. The highest BCUT2D eigenvalue weighted by atomic mass is 32.2. The standard InChI is InChI=1S/C12H12N2O2S/c15-12(16)8-3-4-11-13-9(7-14(11)6-8)10-2-1-5-17-10/h3-4,6-7,10H,1-2,5H2,(H,15,16). The van der Waals surface area contributed by atoms with Gasteiger partial charge in [-0.05, 0) is 30.7 Å². The average molecular weight is 248 g/mol. The Balaban J connectivity index is 2.03. The van der Waals surface area contributed by atoms with Crippen LogP contribution in [0, 0.1) is 0 Å². The molecule has 2 aromatic heterocycles. The summed E-state index contributed by atoms with van der Waals surface area (Å²) in [6, 6.07) is 3.35. The van der Waals surface area contributed by atoms with Gasteiger partial charge in [0.1, 0.15) is 5.65 Å². The Morgan fingerprint density at radius 3 is 3.06 bits per heavy atom. The molecular weight excluding hydrogens is 236 g/mol. The molecule has 1 unspecified atom stereocenters. The second kappa shape index (κ2) is 4.07. The van der Waals surface area contributed by atoms with E-state index in [-0.39, 0.29) is 0 Å². The predicted molar refractivity (Wildman–Crippen MR) is 66.6 cm³/mol. The minimum absolute atomic E-state index is 0.292. The molecule has 17 heavy (non-hydrogen) atoms. The number of thioether (sulfide) groups is 1. The predicted octanol–water partition coefficient (Wildman–Crippen LogP) is 2.60. The summed E-state index contributed by atoms with van der Waals surface area (Å²) in [6.07, 6.45) is 5.97. The summed E-state index contributed by atoms with van der Waals surface area (Å²) < 4.78 is 1.80. The van der Waals surface area contributed by atoms with Gasteiger partial charge in [-0.3, -0.25) is 0 Å². The molecule has 0 bridgehead atoms. The van der Waals surface area contributed by atoms with Crippen LogP contribution in [0.4, 0.5) is 0 Å². The molecule has 0 amide bonds. The number of fused-ring (bicyclic) bond motifs is 1. The average Bonchev–Trinajstić information content (AvgIpc) is 2.96. The Labute approximate surface area is 103 Å². The quantitative estimate of drug-likeness (QED) is 0.887. The molecule has 1 aliphatic rings. The lowest BCUT2D eigenvalue weighted by Crippen LogP contribution is -1.97. The topological polar surface area (TPSA) is 54.6 Å². The fourth-order valence-corrected chi connectivity index (χ4v) is 3.34. The highest BCUT2D eigenvalue weighted by molar-refractivity contribution is 7.99. The molecular formula is C12H12N2O2S. The summed E-state index contributed by atoms with van der Waals surface area (Å²) in [5.41, 5.74) is 2.17. The maximum atomic E-state index is 10.9. The number of aromatic nitrogens is 2. The molecule has 3 rings (SSSR count). The first-order chi connectivity index (χ1) is 8.24. The summed E-state index contributed by atoms with van der Waals surface area (Å²) in [7, 11) is 0. The van der Waals surface area contributed by atoms with Gasteiger partial charge in [-0.1, -0.05) is 0 Å². The number of rotatable bonds is 2. The van der Waals surface area contributed by atoms with E-state index in [9.17, 15) is 4.79 Å². The number of hydrogen-bond acceptors (Lipinski definition) is 3. The van der Waals surface area contributed by atoms with Gasteiger partial charge in [-0.2, -0.15) is 11.8 Å². The molecule has 0 radical (unpaired) electrons. The van der Waals surface area contributed by atoms with E-state index in [0.717, 1.165) is 11.3 Å². The van der Waals surface area contributed by atoms with Crippen molar-refractivity contribution < 1.29 is 9.90 Å². The van der Waals surface area contributed by atoms with Crippen LogP contribution in [0.25, 0.3) is 5.65 Å². The number of aromatic carboxylic acids is 1. The zero-order valence-corrected chi connectivity index (χ0v) is 9.98. The molecule has 1 saturated heterocycles. The second-order valence-electron chi connectivity index (χ2n) is 4.16. The fraction of sp³-hybridized carbons (Fsp3) is 0.333. The molecule has 1 aliphatic heterocycles. The van der Waals surface area contributed by atoms with E-state index >= 15 is 0 Å². The van der Waals surface area contributed by atoms with E-state index in [1.165, 1.54) is 18.6 Å². The molecule has 0 aliphatic carbocycles. The Kier molecular flexibility index (Phi) is 2.55. The molecule has 5 heteroatoms. The van der Waals surface area contributed by atoms with Crippen molar-refractivity contribution in [3.05, 3.63) is 35.8 Å². The lowest BCUT2D eigenvalue weighted by molar-refractivity contribution is 0.0696. The number of pyridine rings is 1. The summed E-state index contributed by atoms with van der Waals surface area (Å²) in [5.74, 6) is 0.288. The van der Waals surface area contributed by atoms with Crippen LogP contribution in [0.3, 0.4) is 0 Å². The highest BCUT2D eigenvalue weighted by Gasteiger charge is 2.20. The van der Waals surface area contributed by atoms with Gasteiger partial charge in [-0.15, -0.1) is 0 Å². The van der Waals surface area contributed by atoms with Gasteiger partial charge >= 0.3 is 5.97 Å². The highest BCUT2D eigenvalue weighted by Crippen LogP contribution is 2.39. The molecule has 1 fully saturated rings. The van der Waals surface area contributed by atoms with Crippen LogP contribution in [0.15, 0.2) is 24.5 Å². The molecule has 0 saturated carbocycles. The lowest BCUT2D eigenvalue weighted by atomic mass is 10.2. The van der Waals surface area contributed by atoms with Crippen LogP contribution in [0.5, 0.6) is 0 Å². The molecule has 4 nitrogen and oxygen atoms in total. The molecule has 88 valence electrons. The number of carboxylic acid groups (broad SMARTS) is 1. The fourth-order valence-electron chi connectivity index (χ4n) is 2.10. The van der Waals surface area contributed by atoms with Crippen molar-refractivity contribution in [3.63, 3.8) is 0 Å². The normalized spacial score (nSPS) is 19.9. The first-order valence-corrected chi connectivity index (χ1v) is 6.62. The monoisotopic (exact) mass is 248 g/mol. The number of carbonyl (C=O) groups is 1. The second-order valence-corrected chi connectivity index (χ2v) is 5.47. The van der Waals surface area contributed by atoms with Crippen LogP contribution >= 0.6 is 11.8 Å². The first-order valence-electron chi connectivity index (χ1n) is 5.57. The smallest absolute Gasteiger partial charge is 0.337 e. The van der Waals surface area contributed by atoms with Crippen molar-refractivity contribution in [3.8, 4) is 0 Å². The van der Waals surface area contributed by atoms with Crippen LogP contribution in [0.2, 0.25) is 0 Å². The van der Waals surface area contributed by atoms with E-state index < -0.39 is 5.97 Å². The molecule has 3 heterocycles. The van der Waals surface area contributed by atoms with Crippen LogP contribution in [-0.4, -0.2) is 26.2 Å². The number of nitrogens with zero attached hydrogens (tertiary/aromatic N) is 2. The number of imidazole rings is 1. The van der Waals surface area contributed by atoms with Gasteiger partial charge in [0, 0.05) is 17.6 Å². The summed E-state index contributed by atoms with van der Waals surface area (Å²) in [5, 5.41) is 9.40. The SMILES string of the molecule is O=C(O)c1ccc2nc(C3CCCS3)cn2c1. The molecule has 1 N–H and O–H groups in total. The van der Waals surface area contributed by atoms with E-state index in [1.807, 2.05) is 18.0 Å². The minimum Gasteiger partial charge on any atom is -0.478 e. The van der Waals surface area contributed by atoms with Gasteiger partial charge in [0.05, 0.1) is 11.3 Å². The van der Waals surface area contributed by atoms with Crippen molar-refractivity contribution >= 4 is 23.4 Å². The van der Waals surface area contributed by atoms with Crippen LogP contribution in [-0.2, 0) is 0 Å². The lowest BCUT2D eigenvalue weighted by Gasteiger charge is -2.01. The van der Waals surface area contributed by atoms with E-state index in [2.05, 4.69) is 4.98 Å². The van der Waals surface area contributed by atoms with Crippen molar-refractivity contribution in [2.24, 2.45) is 0 Å². The zero-order chi connectivity index (χ0) is 11.8. The summed E-state index contributed by atoms with van der Waals surface area (Å²) in [4.78, 5) is 15.4. The molecule has 1 atom stereocenters. The van der Waals surface area contributed by atoms with Crippen LogP contribution in [0.1, 0.15) is 34.1 Å². The Hall–Kier alpha value is -1.49. The number of carboxylic acids is 1. The van der Waals surface area contributed by atoms with Crippen molar-refractivity contribution in [1.29, 1.82) is 0 Å². The van der Waals surface area contributed by atoms with Gasteiger partial charge in [0.2, 0.25) is 0 Å².